The zero-order chi connectivity index (χ0) is 21.1. The molecule has 0 radical (unpaired) electrons. The molecule has 0 aliphatic heterocycles. The molecule has 0 saturated heterocycles. The molecule has 0 spiro atoms. The van der Waals surface area contributed by atoms with Crippen LogP contribution in [0.5, 0.6) is 17.2 Å². The van der Waals surface area contributed by atoms with Crippen molar-refractivity contribution >= 4 is 16.8 Å². The van der Waals surface area contributed by atoms with E-state index in [0.717, 1.165) is 10.9 Å². The lowest BCUT2D eigenvalue weighted by Gasteiger charge is -2.16. The zero-order valence-electron chi connectivity index (χ0n) is 16.5. The van der Waals surface area contributed by atoms with Gasteiger partial charge in [0.1, 0.15) is 34.6 Å². The number of nitrogens with two attached hydrogens (primary N) is 1. The Morgan fingerprint density at radius 1 is 1.17 bits per heavy atom. The molecule has 3 aromatic heterocycles. The summed E-state index contributed by atoms with van der Waals surface area (Å²) in [5.41, 5.74) is 7.43. The molecule has 1 unspecified atom stereocenters. The van der Waals surface area contributed by atoms with Crippen LogP contribution in [0.15, 0.2) is 59.5 Å². The molecule has 1 aromatic carbocycles. The molecule has 1 amide bonds. The number of hydrogen-bond acceptors (Lipinski definition) is 7. The number of ether oxygens (including phenoxy) is 2. The van der Waals surface area contributed by atoms with Crippen molar-refractivity contribution in [3.05, 3.63) is 72.0 Å². The van der Waals surface area contributed by atoms with Crippen molar-refractivity contribution in [1.29, 1.82) is 0 Å². The van der Waals surface area contributed by atoms with E-state index in [9.17, 15) is 4.79 Å². The van der Waals surface area contributed by atoms with Gasteiger partial charge >= 0.3 is 0 Å². The normalized spacial score (nSPS) is 11.9. The smallest absolute Gasteiger partial charge is 0.231 e. The summed E-state index contributed by atoms with van der Waals surface area (Å²) in [4.78, 5) is 20.6. The average Bonchev–Trinajstić information content (AvgIpc) is 3.23. The van der Waals surface area contributed by atoms with Crippen LogP contribution in [0.1, 0.15) is 29.9 Å². The number of hydrogen-bond donors (Lipinski definition) is 1. The van der Waals surface area contributed by atoms with Crippen LogP contribution in [-0.2, 0) is 11.2 Å². The lowest BCUT2D eigenvalue weighted by atomic mass is 9.93. The lowest BCUT2D eigenvalue weighted by molar-refractivity contribution is -0.118. The van der Waals surface area contributed by atoms with Crippen molar-refractivity contribution in [1.82, 2.24) is 15.1 Å². The topological polar surface area (TPSA) is 113 Å². The first kappa shape index (κ1) is 19.4. The summed E-state index contributed by atoms with van der Waals surface area (Å²) < 4.78 is 16.8. The summed E-state index contributed by atoms with van der Waals surface area (Å²) in [5, 5.41) is 4.84. The van der Waals surface area contributed by atoms with Crippen molar-refractivity contribution in [2.24, 2.45) is 5.73 Å². The van der Waals surface area contributed by atoms with Crippen molar-refractivity contribution in [2.45, 2.75) is 19.3 Å². The molecule has 0 aliphatic carbocycles. The molecule has 8 heteroatoms. The van der Waals surface area contributed by atoms with E-state index in [1.807, 2.05) is 13.0 Å². The number of pyridine rings is 2. The summed E-state index contributed by atoms with van der Waals surface area (Å²) in [6, 6.07) is 10.5. The van der Waals surface area contributed by atoms with Gasteiger partial charge in [0, 0.05) is 41.9 Å². The van der Waals surface area contributed by atoms with Crippen LogP contribution in [0.3, 0.4) is 0 Å². The van der Waals surface area contributed by atoms with Crippen LogP contribution >= 0.6 is 0 Å². The number of primary amides is 1. The Bertz CT molecular complexity index is 1200. The minimum atomic E-state index is -0.800. The Morgan fingerprint density at radius 2 is 2.03 bits per heavy atom. The predicted octanol–water partition coefficient (Wildman–Crippen LogP) is 3.60. The van der Waals surface area contributed by atoms with Gasteiger partial charge in [-0.15, -0.1) is 0 Å². The number of benzene rings is 1. The number of amides is 1. The number of aromatic nitrogens is 3. The summed E-state index contributed by atoms with van der Waals surface area (Å²) in [7, 11) is 1.52. The fourth-order valence-electron chi connectivity index (χ4n) is 3.27. The van der Waals surface area contributed by atoms with Crippen molar-refractivity contribution in [3.8, 4) is 17.2 Å². The van der Waals surface area contributed by atoms with E-state index in [2.05, 4.69) is 15.1 Å². The molecule has 152 valence electrons. The van der Waals surface area contributed by atoms with Crippen molar-refractivity contribution in [2.75, 3.05) is 7.11 Å². The van der Waals surface area contributed by atoms with Gasteiger partial charge in [-0.05, 0) is 18.2 Å². The minimum Gasteiger partial charge on any atom is -0.496 e. The van der Waals surface area contributed by atoms with Crippen LogP contribution in [-0.4, -0.2) is 28.1 Å². The maximum atomic E-state index is 12.2. The summed E-state index contributed by atoms with van der Waals surface area (Å²) >= 11 is 0. The summed E-state index contributed by atoms with van der Waals surface area (Å²) in [6.45, 7) is 1.94. The Hall–Kier alpha value is -3.94. The van der Waals surface area contributed by atoms with Crippen molar-refractivity contribution < 1.29 is 18.8 Å². The van der Waals surface area contributed by atoms with Gasteiger partial charge in [-0.25, -0.2) is 0 Å². The standard InChI is InChI=1S/C22H20N4O4/c1-3-13-10-17(26-30-13)21(22(23)27)16-5-4-14(11-20(16)28-2)29-19-7-9-25-18-12-24-8-6-15(18)19/h4-12,21H,3H2,1-2H3,(H2,23,27). The SMILES string of the molecule is CCc1cc(C(C(N)=O)c2ccc(Oc3ccnc4cnccc34)cc2OC)no1. The zero-order valence-corrected chi connectivity index (χ0v) is 16.5. The second-order valence-corrected chi connectivity index (χ2v) is 6.61. The number of carbonyl (C=O) groups excluding carboxylic acids is 1. The molecule has 1 atom stereocenters. The van der Waals surface area contributed by atoms with Crippen LogP contribution in [0, 0.1) is 0 Å². The van der Waals surface area contributed by atoms with Crippen LogP contribution in [0.4, 0.5) is 0 Å². The Kier molecular flexibility index (Phi) is 5.30. The Balaban J connectivity index is 1.71. The molecule has 0 bridgehead atoms. The summed E-state index contributed by atoms with van der Waals surface area (Å²) in [5.74, 6) is 0.952. The van der Waals surface area contributed by atoms with Gasteiger partial charge in [-0.3, -0.25) is 14.8 Å². The van der Waals surface area contributed by atoms with Gasteiger partial charge in [-0.2, -0.15) is 0 Å². The largest absolute Gasteiger partial charge is 0.496 e. The molecule has 4 rings (SSSR count). The third-order valence-electron chi connectivity index (χ3n) is 4.75. The predicted molar refractivity (Wildman–Crippen MR) is 110 cm³/mol. The lowest BCUT2D eigenvalue weighted by Crippen LogP contribution is -2.23. The average molecular weight is 404 g/mol. The molecular weight excluding hydrogens is 384 g/mol. The highest BCUT2D eigenvalue weighted by molar-refractivity contribution is 5.86. The van der Waals surface area contributed by atoms with Crippen LogP contribution in [0.2, 0.25) is 0 Å². The molecular formula is C22H20N4O4. The first-order chi connectivity index (χ1) is 14.6. The van der Waals surface area contributed by atoms with Gasteiger partial charge in [0.05, 0.1) is 18.8 Å². The molecule has 0 aliphatic rings. The second-order valence-electron chi connectivity index (χ2n) is 6.61. The highest BCUT2D eigenvalue weighted by Crippen LogP contribution is 2.36. The van der Waals surface area contributed by atoms with Crippen LogP contribution in [0.25, 0.3) is 10.9 Å². The first-order valence-corrected chi connectivity index (χ1v) is 9.40. The highest BCUT2D eigenvalue weighted by Gasteiger charge is 2.27. The number of carbonyl (C=O) groups is 1. The minimum absolute atomic E-state index is 0.443. The van der Waals surface area contributed by atoms with Crippen LogP contribution < -0.4 is 15.2 Å². The van der Waals surface area contributed by atoms with Gasteiger partial charge < -0.3 is 19.7 Å². The molecule has 4 aromatic rings. The molecule has 30 heavy (non-hydrogen) atoms. The van der Waals surface area contributed by atoms with E-state index < -0.39 is 11.8 Å². The molecule has 2 N–H and O–H groups in total. The summed E-state index contributed by atoms with van der Waals surface area (Å²) in [6.07, 6.45) is 5.67. The monoisotopic (exact) mass is 404 g/mol. The third kappa shape index (κ3) is 3.67. The Labute approximate surface area is 172 Å². The molecule has 8 nitrogen and oxygen atoms in total. The van der Waals surface area contributed by atoms with E-state index in [1.165, 1.54) is 7.11 Å². The second kappa shape index (κ2) is 8.20. The van der Waals surface area contributed by atoms with Gasteiger partial charge in [0.25, 0.3) is 0 Å². The number of nitrogens with zero attached hydrogens (tertiary/aromatic N) is 3. The maximum absolute atomic E-state index is 12.2. The van der Waals surface area contributed by atoms with Gasteiger partial charge in [0.2, 0.25) is 5.91 Å². The van der Waals surface area contributed by atoms with E-state index >= 15 is 0 Å². The Morgan fingerprint density at radius 3 is 2.77 bits per heavy atom. The number of rotatable bonds is 7. The number of fused-ring (bicyclic) bond motifs is 1. The van der Waals surface area contributed by atoms with E-state index in [4.69, 9.17) is 19.7 Å². The van der Waals surface area contributed by atoms with Crippen molar-refractivity contribution in [3.63, 3.8) is 0 Å². The fraction of sp³-hybridized carbons (Fsp3) is 0.182. The highest BCUT2D eigenvalue weighted by atomic mass is 16.5. The van der Waals surface area contributed by atoms with Gasteiger partial charge in [0.15, 0.2) is 0 Å². The van der Waals surface area contributed by atoms with E-state index in [1.54, 1.807) is 48.9 Å². The molecule has 3 heterocycles. The fourth-order valence-corrected chi connectivity index (χ4v) is 3.27. The van der Waals surface area contributed by atoms with Gasteiger partial charge in [-0.1, -0.05) is 18.1 Å². The molecule has 0 fully saturated rings. The molecule has 0 saturated carbocycles. The first-order valence-electron chi connectivity index (χ1n) is 9.40. The van der Waals surface area contributed by atoms with E-state index in [0.29, 0.717) is 40.7 Å². The maximum Gasteiger partial charge on any atom is 0.231 e. The number of aryl methyl sites for hydroxylation is 1. The quantitative estimate of drug-likeness (QED) is 0.501. The number of methoxy groups -OCH3 is 1. The third-order valence-corrected chi connectivity index (χ3v) is 4.75. The van der Waals surface area contributed by atoms with E-state index in [-0.39, 0.29) is 0 Å².